The molecule has 4 nitrogen and oxygen atoms in total. The van der Waals surface area contributed by atoms with Gasteiger partial charge >= 0.3 is 0 Å². The second-order valence-corrected chi connectivity index (χ2v) is 4.31. The molecule has 5 heteroatoms. The number of anilines is 1. The molecule has 0 saturated heterocycles. The van der Waals surface area contributed by atoms with Crippen LogP contribution in [0.5, 0.6) is 0 Å². The van der Waals surface area contributed by atoms with Crippen LogP contribution in [0.4, 0.5) is 5.69 Å². The molecule has 0 aromatic carbocycles. The Bertz CT molecular complexity index is 355. The first-order chi connectivity index (χ1) is 7.59. The zero-order valence-electron chi connectivity index (χ0n) is 9.46. The fraction of sp³-hybridized carbons (Fsp3) is 0.455. The van der Waals surface area contributed by atoms with Crippen LogP contribution in [0.15, 0.2) is 18.5 Å². The van der Waals surface area contributed by atoms with Gasteiger partial charge in [-0.3, -0.25) is 9.78 Å². The van der Waals surface area contributed by atoms with Crippen molar-refractivity contribution < 1.29 is 4.79 Å². The van der Waals surface area contributed by atoms with Crippen LogP contribution in [0.2, 0.25) is 5.02 Å². The molecule has 0 unspecified atom stereocenters. The average molecular weight is 242 g/mol. The summed E-state index contributed by atoms with van der Waals surface area (Å²) in [5, 5.41) is 6.28. The molecule has 0 aliphatic heterocycles. The fourth-order valence-electron chi connectivity index (χ4n) is 1.07. The fourth-order valence-corrected chi connectivity index (χ4v) is 1.26. The number of nitrogens with one attached hydrogen (secondary N) is 2. The third-order valence-electron chi connectivity index (χ3n) is 1.92. The van der Waals surface area contributed by atoms with E-state index in [1.54, 1.807) is 12.3 Å². The summed E-state index contributed by atoms with van der Waals surface area (Å²) in [6.45, 7) is 5.00. The van der Waals surface area contributed by atoms with Gasteiger partial charge in [0.2, 0.25) is 5.91 Å². The highest BCUT2D eigenvalue weighted by Crippen LogP contribution is 2.18. The summed E-state index contributed by atoms with van der Waals surface area (Å²) in [5.74, 6) is 0.412. The average Bonchev–Trinajstić information content (AvgIpc) is 2.25. The van der Waals surface area contributed by atoms with Gasteiger partial charge in [0.15, 0.2) is 0 Å². The molecule has 16 heavy (non-hydrogen) atoms. The number of rotatable bonds is 5. The van der Waals surface area contributed by atoms with Gasteiger partial charge in [-0.2, -0.15) is 0 Å². The van der Waals surface area contributed by atoms with Crippen molar-refractivity contribution in [3.05, 3.63) is 23.5 Å². The van der Waals surface area contributed by atoms with Gasteiger partial charge < -0.3 is 10.6 Å². The molecule has 0 atom stereocenters. The SMILES string of the molecule is CC(C)CNC(=O)CNc1ccncc1Cl. The maximum Gasteiger partial charge on any atom is 0.239 e. The lowest BCUT2D eigenvalue weighted by atomic mass is 10.2. The molecule has 1 amide bonds. The van der Waals surface area contributed by atoms with Crippen LogP contribution in [0, 0.1) is 5.92 Å². The molecule has 0 radical (unpaired) electrons. The summed E-state index contributed by atoms with van der Waals surface area (Å²) in [7, 11) is 0. The maximum atomic E-state index is 11.4. The van der Waals surface area contributed by atoms with Crippen molar-refractivity contribution >= 4 is 23.2 Å². The number of pyridine rings is 1. The Morgan fingerprint density at radius 1 is 1.56 bits per heavy atom. The minimum Gasteiger partial charge on any atom is -0.375 e. The van der Waals surface area contributed by atoms with E-state index in [0.29, 0.717) is 17.5 Å². The van der Waals surface area contributed by atoms with Gasteiger partial charge in [-0.1, -0.05) is 25.4 Å². The van der Waals surface area contributed by atoms with E-state index in [9.17, 15) is 4.79 Å². The van der Waals surface area contributed by atoms with E-state index in [0.717, 1.165) is 5.69 Å². The third kappa shape index (κ3) is 4.49. The van der Waals surface area contributed by atoms with Crippen molar-refractivity contribution in [2.24, 2.45) is 5.92 Å². The van der Waals surface area contributed by atoms with Gasteiger partial charge in [0.25, 0.3) is 0 Å². The van der Waals surface area contributed by atoms with Crippen LogP contribution in [0.1, 0.15) is 13.8 Å². The number of halogens is 1. The first-order valence-electron chi connectivity index (χ1n) is 5.19. The molecule has 0 fully saturated rings. The lowest BCUT2D eigenvalue weighted by Crippen LogP contribution is -2.32. The molecule has 1 heterocycles. The zero-order chi connectivity index (χ0) is 12.0. The number of amides is 1. The summed E-state index contributed by atoms with van der Waals surface area (Å²) < 4.78 is 0. The monoisotopic (exact) mass is 241 g/mol. The Morgan fingerprint density at radius 3 is 2.94 bits per heavy atom. The van der Waals surface area contributed by atoms with E-state index in [4.69, 9.17) is 11.6 Å². The van der Waals surface area contributed by atoms with Gasteiger partial charge in [0.1, 0.15) is 0 Å². The minimum atomic E-state index is -0.0402. The normalized spacial score (nSPS) is 10.2. The predicted octanol–water partition coefficient (Wildman–Crippen LogP) is 1.92. The zero-order valence-corrected chi connectivity index (χ0v) is 10.2. The van der Waals surface area contributed by atoms with Crippen LogP contribution in [0.3, 0.4) is 0 Å². The Morgan fingerprint density at radius 2 is 2.31 bits per heavy atom. The molecule has 0 saturated carbocycles. The summed E-state index contributed by atoms with van der Waals surface area (Å²) in [6, 6.07) is 1.73. The Balaban J connectivity index is 2.35. The molecule has 1 aromatic heterocycles. The van der Waals surface area contributed by atoms with Gasteiger partial charge in [0.05, 0.1) is 17.3 Å². The van der Waals surface area contributed by atoms with Crippen molar-refractivity contribution in [1.82, 2.24) is 10.3 Å². The first-order valence-corrected chi connectivity index (χ1v) is 5.57. The predicted molar refractivity (Wildman–Crippen MR) is 65.6 cm³/mol. The van der Waals surface area contributed by atoms with Crippen LogP contribution in [-0.2, 0) is 4.79 Å². The van der Waals surface area contributed by atoms with Gasteiger partial charge in [-0.15, -0.1) is 0 Å². The molecule has 0 spiro atoms. The van der Waals surface area contributed by atoms with E-state index >= 15 is 0 Å². The number of hydrogen-bond acceptors (Lipinski definition) is 3. The van der Waals surface area contributed by atoms with Crippen LogP contribution < -0.4 is 10.6 Å². The van der Waals surface area contributed by atoms with E-state index in [-0.39, 0.29) is 12.5 Å². The van der Waals surface area contributed by atoms with Crippen LogP contribution in [0.25, 0.3) is 0 Å². The molecular formula is C11H16ClN3O. The van der Waals surface area contributed by atoms with Crippen molar-refractivity contribution in [1.29, 1.82) is 0 Å². The molecule has 88 valence electrons. The molecule has 1 aromatic rings. The second kappa shape index (κ2) is 6.33. The number of aromatic nitrogens is 1. The molecule has 2 N–H and O–H groups in total. The van der Waals surface area contributed by atoms with E-state index in [2.05, 4.69) is 15.6 Å². The minimum absolute atomic E-state index is 0.0402. The smallest absolute Gasteiger partial charge is 0.239 e. The van der Waals surface area contributed by atoms with Crippen molar-refractivity contribution in [2.75, 3.05) is 18.4 Å². The van der Waals surface area contributed by atoms with Gasteiger partial charge in [0, 0.05) is 18.9 Å². The Hall–Kier alpha value is -1.29. The third-order valence-corrected chi connectivity index (χ3v) is 2.22. The van der Waals surface area contributed by atoms with Crippen LogP contribution in [-0.4, -0.2) is 24.0 Å². The van der Waals surface area contributed by atoms with E-state index < -0.39 is 0 Å². The topological polar surface area (TPSA) is 54.0 Å². The Kier molecular flexibility index (Phi) is 5.05. The highest BCUT2D eigenvalue weighted by molar-refractivity contribution is 6.33. The molecule has 1 rings (SSSR count). The van der Waals surface area contributed by atoms with Crippen LogP contribution >= 0.6 is 11.6 Å². The van der Waals surface area contributed by atoms with E-state index in [1.165, 1.54) is 6.20 Å². The lowest BCUT2D eigenvalue weighted by Gasteiger charge is -2.09. The summed E-state index contributed by atoms with van der Waals surface area (Å²) >= 11 is 5.88. The summed E-state index contributed by atoms with van der Waals surface area (Å²) in [6.07, 6.45) is 3.16. The van der Waals surface area contributed by atoms with Crippen molar-refractivity contribution in [3.63, 3.8) is 0 Å². The summed E-state index contributed by atoms with van der Waals surface area (Å²) in [4.78, 5) is 15.3. The quantitative estimate of drug-likeness (QED) is 0.828. The van der Waals surface area contributed by atoms with E-state index in [1.807, 2.05) is 13.8 Å². The maximum absolute atomic E-state index is 11.4. The van der Waals surface area contributed by atoms with Crippen molar-refractivity contribution in [3.8, 4) is 0 Å². The number of carbonyl (C=O) groups excluding carboxylic acids is 1. The van der Waals surface area contributed by atoms with Crippen molar-refractivity contribution in [2.45, 2.75) is 13.8 Å². The Labute approximate surface area is 100 Å². The highest BCUT2D eigenvalue weighted by Gasteiger charge is 2.03. The number of nitrogens with zero attached hydrogens (tertiary/aromatic N) is 1. The summed E-state index contributed by atoms with van der Waals surface area (Å²) in [5.41, 5.74) is 0.719. The van der Waals surface area contributed by atoms with Gasteiger partial charge in [-0.05, 0) is 12.0 Å². The molecule has 0 aliphatic rings. The second-order valence-electron chi connectivity index (χ2n) is 3.91. The molecule has 0 bridgehead atoms. The van der Waals surface area contributed by atoms with Gasteiger partial charge in [-0.25, -0.2) is 0 Å². The molecule has 0 aliphatic carbocycles. The number of carbonyl (C=O) groups is 1. The molecular weight excluding hydrogens is 226 g/mol. The lowest BCUT2D eigenvalue weighted by molar-refractivity contribution is -0.119. The highest BCUT2D eigenvalue weighted by atomic mass is 35.5. The largest absolute Gasteiger partial charge is 0.375 e. The number of hydrogen-bond donors (Lipinski definition) is 2. The standard InChI is InChI=1S/C11H16ClN3O/c1-8(2)5-15-11(16)7-14-10-3-4-13-6-9(10)12/h3-4,6,8H,5,7H2,1-2H3,(H,13,14)(H,15,16). The first kappa shape index (κ1) is 12.8.